The molecule has 0 aliphatic rings. The van der Waals surface area contributed by atoms with Crippen molar-refractivity contribution in [1.29, 1.82) is 0 Å². The van der Waals surface area contributed by atoms with Crippen molar-refractivity contribution < 1.29 is 13.2 Å². The van der Waals surface area contributed by atoms with Gasteiger partial charge in [0.25, 0.3) is 10.0 Å². The molecular weight excluding hydrogens is 418 g/mol. The van der Waals surface area contributed by atoms with E-state index in [-0.39, 0.29) is 5.03 Å². The molecule has 0 spiro atoms. The maximum absolute atomic E-state index is 12.4. The first-order valence-electron chi connectivity index (χ1n) is 9.36. The SMILES string of the molecule is Cc1nc(Oc2ccc(NS(=O)(=O)c3cn(C)cn3)cc2)cc(-n2cnc(C)c2C)n1. The number of anilines is 1. The van der Waals surface area contributed by atoms with Crippen LogP contribution < -0.4 is 9.46 Å². The van der Waals surface area contributed by atoms with E-state index in [1.165, 1.54) is 12.5 Å². The predicted octanol–water partition coefficient (Wildman–Crippen LogP) is 2.91. The van der Waals surface area contributed by atoms with Gasteiger partial charge in [0.15, 0.2) is 5.03 Å². The van der Waals surface area contributed by atoms with Crippen LogP contribution in [-0.2, 0) is 17.1 Å². The fourth-order valence-corrected chi connectivity index (χ4v) is 3.92. The first-order valence-corrected chi connectivity index (χ1v) is 10.8. The number of sulfonamides is 1. The highest BCUT2D eigenvalue weighted by molar-refractivity contribution is 7.92. The third-order valence-electron chi connectivity index (χ3n) is 4.59. The van der Waals surface area contributed by atoms with Crippen molar-refractivity contribution in [2.75, 3.05) is 4.72 Å². The summed E-state index contributed by atoms with van der Waals surface area (Å²) in [6, 6.07) is 8.24. The number of hydrogen-bond acceptors (Lipinski definition) is 7. The maximum Gasteiger partial charge on any atom is 0.280 e. The third kappa shape index (κ3) is 4.40. The zero-order valence-corrected chi connectivity index (χ0v) is 18.3. The number of hydrogen-bond donors (Lipinski definition) is 1. The fourth-order valence-electron chi connectivity index (χ4n) is 2.88. The number of nitrogens with zero attached hydrogens (tertiary/aromatic N) is 6. The van der Waals surface area contributed by atoms with Crippen LogP contribution in [0.25, 0.3) is 5.82 Å². The van der Waals surface area contributed by atoms with E-state index in [0.29, 0.717) is 29.0 Å². The molecule has 0 amide bonds. The van der Waals surface area contributed by atoms with Crippen LogP contribution in [0.4, 0.5) is 5.69 Å². The van der Waals surface area contributed by atoms with Crippen LogP contribution in [0.1, 0.15) is 17.2 Å². The molecule has 0 bridgehead atoms. The Bertz CT molecular complexity index is 1340. The number of nitrogens with one attached hydrogen (secondary N) is 1. The summed E-state index contributed by atoms with van der Waals surface area (Å²) >= 11 is 0. The molecule has 3 heterocycles. The number of aromatic nitrogens is 6. The Morgan fingerprint density at radius 1 is 1.00 bits per heavy atom. The summed E-state index contributed by atoms with van der Waals surface area (Å²) in [5.41, 5.74) is 2.29. The summed E-state index contributed by atoms with van der Waals surface area (Å²) in [4.78, 5) is 16.9. The molecule has 0 saturated carbocycles. The molecule has 31 heavy (non-hydrogen) atoms. The minimum Gasteiger partial charge on any atom is -0.439 e. The normalized spacial score (nSPS) is 11.5. The Morgan fingerprint density at radius 2 is 1.74 bits per heavy atom. The van der Waals surface area contributed by atoms with Gasteiger partial charge in [-0.1, -0.05) is 0 Å². The molecule has 4 aromatic rings. The average molecular weight is 440 g/mol. The van der Waals surface area contributed by atoms with Gasteiger partial charge in [-0.05, 0) is 45.0 Å². The number of rotatable bonds is 6. The van der Waals surface area contributed by atoms with Crippen LogP contribution in [-0.4, -0.2) is 37.5 Å². The lowest BCUT2D eigenvalue weighted by Gasteiger charge is -2.10. The van der Waals surface area contributed by atoms with E-state index in [2.05, 4.69) is 24.7 Å². The van der Waals surface area contributed by atoms with Gasteiger partial charge in [-0.25, -0.2) is 15.0 Å². The minimum absolute atomic E-state index is 0.0515. The second-order valence-electron chi connectivity index (χ2n) is 7.01. The van der Waals surface area contributed by atoms with Crippen molar-refractivity contribution in [3.63, 3.8) is 0 Å². The van der Waals surface area contributed by atoms with Crippen molar-refractivity contribution in [2.45, 2.75) is 25.8 Å². The molecule has 0 unspecified atom stereocenters. The molecular formula is C20H21N7O3S. The van der Waals surface area contributed by atoms with Crippen LogP contribution in [0.2, 0.25) is 0 Å². The fraction of sp³-hybridized carbons (Fsp3) is 0.200. The van der Waals surface area contributed by atoms with Crippen LogP contribution in [0.5, 0.6) is 11.6 Å². The summed E-state index contributed by atoms with van der Waals surface area (Å²) in [7, 11) is -2.06. The molecule has 1 N–H and O–H groups in total. The van der Waals surface area contributed by atoms with Crippen LogP contribution in [0.3, 0.4) is 0 Å². The van der Waals surface area contributed by atoms with Crippen molar-refractivity contribution >= 4 is 15.7 Å². The largest absolute Gasteiger partial charge is 0.439 e. The highest BCUT2D eigenvalue weighted by Crippen LogP contribution is 2.24. The van der Waals surface area contributed by atoms with Gasteiger partial charge >= 0.3 is 0 Å². The van der Waals surface area contributed by atoms with Crippen LogP contribution >= 0.6 is 0 Å². The van der Waals surface area contributed by atoms with Crippen molar-refractivity contribution in [3.8, 4) is 17.4 Å². The van der Waals surface area contributed by atoms with E-state index in [9.17, 15) is 8.42 Å². The molecule has 4 rings (SSSR count). The third-order valence-corrected chi connectivity index (χ3v) is 5.85. The zero-order valence-electron chi connectivity index (χ0n) is 17.4. The zero-order chi connectivity index (χ0) is 22.2. The second-order valence-corrected chi connectivity index (χ2v) is 8.64. The molecule has 1 aromatic carbocycles. The summed E-state index contributed by atoms with van der Waals surface area (Å²) in [6.07, 6.45) is 4.56. The monoisotopic (exact) mass is 439 g/mol. The summed E-state index contributed by atoms with van der Waals surface area (Å²) in [5.74, 6) is 2.08. The lowest BCUT2D eigenvalue weighted by molar-refractivity contribution is 0.459. The highest BCUT2D eigenvalue weighted by Gasteiger charge is 2.17. The van der Waals surface area contributed by atoms with Crippen LogP contribution in [0, 0.1) is 20.8 Å². The van der Waals surface area contributed by atoms with E-state index < -0.39 is 10.0 Å². The van der Waals surface area contributed by atoms with Gasteiger partial charge in [0, 0.05) is 30.7 Å². The number of benzene rings is 1. The van der Waals surface area contributed by atoms with Gasteiger partial charge < -0.3 is 9.30 Å². The van der Waals surface area contributed by atoms with Crippen molar-refractivity contribution in [2.24, 2.45) is 7.05 Å². The van der Waals surface area contributed by atoms with Gasteiger partial charge in [-0.3, -0.25) is 9.29 Å². The smallest absolute Gasteiger partial charge is 0.280 e. The molecule has 10 nitrogen and oxygen atoms in total. The summed E-state index contributed by atoms with van der Waals surface area (Å²) in [5, 5.41) is -0.0515. The standard InChI is InChI=1S/C20H21N7O3S/c1-13-14(2)27(12-21-13)18-9-19(24-15(3)23-18)30-17-7-5-16(6-8-17)25-31(28,29)20-10-26(4)11-22-20/h5-12,25H,1-4H3. The molecule has 0 fully saturated rings. The first-order chi connectivity index (χ1) is 14.7. The lowest BCUT2D eigenvalue weighted by Crippen LogP contribution is -2.13. The molecule has 160 valence electrons. The molecule has 0 aliphatic carbocycles. The molecule has 0 radical (unpaired) electrons. The molecule has 3 aromatic heterocycles. The van der Waals surface area contributed by atoms with Crippen molar-refractivity contribution in [1.82, 2.24) is 29.1 Å². The van der Waals surface area contributed by atoms with E-state index in [0.717, 1.165) is 11.4 Å². The Kier molecular flexibility index (Phi) is 5.19. The maximum atomic E-state index is 12.4. The average Bonchev–Trinajstić information content (AvgIpc) is 3.29. The molecule has 0 atom stereocenters. The quantitative estimate of drug-likeness (QED) is 0.491. The topological polar surface area (TPSA) is 117 Å². The Labute approximate surface area is 179 Å². The number of ether oxygens (including phenoxy) is 1. The summed E-state index contributed by atoms with van der Waals surface area (Å²) in [6.45, 7) is 5.68. The second kappa shape index (κ2) is 7.84. The van der Waals surface area contributed by atoms with Gasteiger partial charge in [0.05, 0.1) is 12.0 Å². The lowest BCUT2D eigenvalue weighted by atomic mass is 10.3. The van der Waals surface area contributed by atoms with E-state index in [1.54, 1.807) is 55.2 Å². The van der Waals surface area contributed by atoms with Gasteiger partial charge in [-0.15, -0.1) is 0 Å². The minimum atomic E-state index is -3.76. The van der Waals surface area contributed by atoms with Gasteiger partial charge in [-0.2, -0.15) is 13.4 Å². The van der Waals surface area contributed by atoms with E-state index in [1.807, 2.05) is 18.4 Å². The first kappa shape index (κ1) is 20.5. The van der Waals surface area contributed by atoms with Gasteiger partial charge in [0.1, 0.15) is 23.7 Å². The van der Waals surface area contributed by atoms with Crippen LogP contribution in [0.15, 0.2) is 54.2 Å². The highest BCUT2D eigenvalue weighted by atomic mass is 32.2. The Balaban J connectivity index is 1.52. The Morgan fingerprint density at radius 3 is 2.35 bits per heavy atom. The summed E-state index contributed by atoms with van der Waals surface area (Å²) < 4.78 is 36.6. The molecule has 0 saturated heterocycles. The number of aryl methyl sites for hydroxylation is 3. The molecule has 11 heteroatoms. The van der Waals surface area contributed by atoms with Gasteiger partial charge in [0.2, 0.25) is 5.88 Å². The molecule has 0 aliphatic heterocycles. The van der Waals surface area contributed by atoms with Crippen molar-refractivity contribution in [3.05, 3.63) is 66.4 Å². The van der Waals surface area contributed by atoms with E-state index in [4.69, 9.17) is 4.74 Å². The Hall–Kier alpha value is -3.73. The van der Waals surface area contributed by atoms with E-state index >= 15 is 0 Å². The predicted molar refractivity (Wildman–Crippen MR) is 114 cm³/mol. The number of imidazole rings is 2.